The third kappa shape index (κ3) is 1.90. The smallest absolute Gasteiger partial charge is 0.0653 e. The highest BCUT2D eigenvalue weighted by Gasteiger charge is 2.38. The van der Waals surface area contributed by atoms with Gasteiger partial charge in [0.1, 0.15) is 0 Å². The van der Waals surface area contributed by atoms with Gasteiger partial charge in [-0.3, -0.25) is 4.68 Å². The van der Waals surface area contributed by atoms with Crippen molar-refractivity contribution in [3.05, 3.63) is 17.5 Å². The summed E-state index contributed by atoms with van der Waals surface area (Å²) in [4.78, 5) is 0. The minimum absolute atomic E-state index is 0.252. The molecule has 16 heavy (non-hydrogen) atoms. The van der Waals surface area contributed by atoms with Gasteiger partial charge in [0.25, 0.3) is 0 Å². The van der Waals surface area contributed by atoms with Crippen molar-refractivity contribution in [2.24, 2.45) is 5.41 Å². The van der Waals surface area contributed by atoms with E-state index in [0.29, 0.717) is 11.3 Å². The summed E-state index contributed by atoms with van der Waals surface area (Å²) in [5, 5.41) is 4.76. The summed E-state index contributed by atoms with van der Waals surface area (Å²) < 4.78 is 2.23. The molecule has 0 aliphatic carbocycles. The highest BCUT2D eigenvalue weighted by Crippen LogP contribution is 2.42. The predicted octanol–water partition coefficient (Wildman–Crippen LogP) is 3.71. The van der Waals surface area contributed by atoms with E-state index >= 15 is 0 Å². The van der Waals surface area contributed by atoms with Crippen LogP contribution in [0.4, 0.5) is 0 Å². The van der Waals surface area contributed by atoms with Crippen LogP contribution in [0.15, 0.2) is 6.07 Å². The lowest BCUT2D eigenvalue weighted by Crippen LogP contribution is -2.38. The van der Waals surface area contributed by atoms with Crippen LogP contribution in [-0.4, -0.2) is 9.78 Å². The second-order valence-corrected chi connectivity index (χ2v) is 6.99. The van der Waals surface area contributed by atoms with Gasteiger partial charge in [-0.15, -0.1) is 0 Å². The molecule has 2 heterocycles. The molecule has 0 amide bonds. The van der Waals surface area contributed by atoms with Crippen LogP contribution in [0.5, 0.6) is 0 Å². The molecule has 0 spiro atoms. The van der Waals surface area contributed by atoms with E-state index in [0.717, 1.165) is 6.54 Å². The molecule has 0 fully saturated rings. The molecule has 1 aromatic heterocycles. The van der Waals surface area contributed by atoms with Crippen molar-refractivity contribution in [1.29, 1.82) is 0 Å². The topological polar surface area (TPSA) is 17.8 Å². The molecule has 0 atom stereocenters. The fraction of sp³-hybridized carbons (Fsp3) is 0.786. The normalized spacial score (nSPS) is 22.2. The highest BCUT2D eigenvalue weighted by atomic mass is 15.3. The van der Waals surface area contributed by atoms with Gasteiger partial charge in [0.05, 0.1) is 5.69 Å². The van der Waals surface area contributed by atoms with Gasteiger partial charge in [0.15, 0.2) is 0 Å². The van der Waals surface area contributed by atoms with Gasteiger partial charge < -0.3 is 0 Å². The molecule has 2 nitrogen and oxygen atoms in total. The van der Waals surface area contributed by atoms with Gasteiger partial charge in [0, 0.05) is 17.7 Å². The SMILES string of the molecule is CC(C)c1cc2n(n1)CC(C)(C)CC2(C)C. The van der Waals surface area contributed by atoms with Gasteiger partial charge in [-0.25, -0.2) is 0 Å². The molecule has 0 N–H and O–H groups in total. The molecule has 1 aliphatic heterocycles. The summed E-state index contributed by atoms with van der Waals surface area (Å²) in [6.45, 7) is 14.8. The van der Waals surface area contributed by atoms with Crippen LogP contribution < -0.4 is 0 Å². The van der Waals surface area contributed by atoms with Crippen molar-refractivity contribution in [2.75, 3.05) is 0 Å². The standard InChI is InChI=1S/C14H24N2/c1-10(2)11-7-12-14(5,6)8-13(3,4)9-16(12)15-11/h7,10H,8-9H2,1-6H3. The van der Waals surface area contributed by atoms with Gasteiger partial charge in [-0.05, 0) is 23.8 Å². The maximum absolute atomic E-state index is 4.76. The van der Waals surface area contributed by atoms with Gasteiger partial charge >= 0.3 is 0 Å². The molecule has 0 saturated heterocycles. The first-order valence-electron chi connectivity index (χ1n) is 6.29. The Bertz CT molecular complexity index is 397. The van der Waals surface area contributed by atoms with E-state index in [1.54, 1.807) is 0 Å². The number of rotatable bonds is 1. The van der Waals surface area contributed by atoms with Crippen LogP contribution in [0, 0.1) is 5.41 Å². The number of hydrogen-bond donors (Lipinski definition) is 0. The summed E-state index contributed by atoms with van der Waals surface area (Å²) >= 11 is 0. The first-order chi connectivity index (χ1) is 7.21. The average Bonchev–Trinajstić information content (AvgIpc) is 2.44. The monoisotopic (exact) mass is 220 g/mol. The third-order valence-electron chi connectivity index (χ3n) is 3.58. The minimum Gasteiger partial charge on any atom is -0.268 e. The van der Waals surface area contributed by atoms with E-state index in [4.69, 9.17) is 5.10 Å². The molecule has 1 aromatic rings. The lowest BCUT2D eigenvalue weighted by Gasteiger charge is -2.40. The van der Waals surface area contributed by atoms with E-state index < -0.39 is 0 Å². The molecular formula is C14H24N2. The van der Waals surface area contributed by atoms with Crippen LogP contribution in [0.3, 0.4) is 0 Å². The predicted molar refractivity (Wildman–Crippen MR) is 67.7 cm³/mol. The largest absolute Gasteiger partial charge is 0.268 e. The van der Waals surface area contributed by atoms with E-state index in [2.05, 4.69) is 52.3 Å². The number of fused-ring (bicyclic) bond motifs is 1. The average molecular weight is 220 g/mol. The van der Waals surface area contributed by atoms with E-state index in [-0.39, 0.29) is 5.41 Å². The second kappa shape index (κ2) is 3.35. The Morgan fingerprint density at radius 2 is 1.88 bits per heavy atom. The molecule has 0 unspecified atom stereocenters. The maximum atomic E-state index is 4.76. The van der Waals surface area contributed by atoms with Crippen LogP contribution >= 0.6 is 0 Å². The maximum Gasteiger partial charge on any atom is 0.0653 e. The lowest BCUT2D eigenvalue weighted by atomic mass is 9.70. The Hall–Kier alpha value is -0.790. The van der Waals surface area contributed by atoms with Crippen molar-refractivity contribution in [3.8, 4) is 0 Å². The Morgan fingerprint density at radius 1 is 1.25 bits per heavy atom. The molecule has 0 radical (unpaired) electrons. The van der Waals surface area contributed by atoms with Crippen molar-refractivity contribution in [2.45, 2.75) is 65.8 Å². The van der Waals surface area contributed by atoms with Crippen LogP contribution in [0.25, 0.3) is 0 Å². The van der Waals surface area contributed by atoms with E-state index in [1.807, 2.05) is 0 Å². The third-order valence-corrected chi connectivity index (χ3v) is 3.58. The van der Waals surface area contributed by atoms with Gasteiger partial charge in [-0.2, -0.15) is 5.10 Å². The Kier molecular flexibility index (Phi) is 2.45. The van der Waals surface area contributed by atoms with Crippen LogP contribution in [-0.2, 0) is 12.0 Å². The molecule has 0 bridgehead atoms. The van der Waals surface area contributed by atoms with Crippen LogP contribution in [0.2, 0.25) is 0 Å². The Balaban J connectivity index is 2.48. The van der Waals surface area contributed by atoms with Crippen molar-refractivity contribution in [3.63, 3.8) is 0 Å². The highest BCUT2D eigenvalue weighted by molar-refractivity contribution is 5.23. The molecule has 2 heteroatoms. The van der Waals surface area contributed by atoms with Crippen molar-refractivity contribution >= 4 is 0 Å². The summed E-state index contributed by atoms with van der Waals surface area (Å²) in [5.74, 6) is 0.525. The number of aromatic nitrogens is 2. The van der Waals surface area contributed by atoms with E-state index in [1.165, 1.54) is 17.8 Å². The fourth-order valence-corrected chi connectivity index (χ4v) is 3.13. The molecule has 90 valence electrons. The zero-order chi connectivity index (χ0) is 12.1. The Morgan fingerprint density at radius 3 is 2.44 bits per heavy atom. The number of hydrogen-bond acceptors (Lipinski definition) is 1. The quantitative estimate of drug-likeness (QED) is 0.705. The molecule has 0 saturated carbocycles. The Labute approximate surface area is 99.0 Å². The number of nitrogens with zero attached hydrogens (tertiary/aromatic N) is 2. The summed E-state index contributed by atoms with van der Waals surface area (Å²) in [6.07, 6.45) is 1.24. The van der Waals surface area contributed by atoms with Crippen molar-refractivity contribution < 1.29 is 0 Å². The van der Waals surface area contributed by atoms with E-state index in [9.17, 15) is 0 Å². The summed E-state index contributed by atoms with van der Waals surface area (Å²) in [5.41, 5.74) is 3.26. The van der Waals surface area contributed by atoms with Crippen molar-refractivity contribution in [1.82, 2.24) is 9.78 Å². The summed E-state index contributed by atoms with van der Waals surface area (Å²) in [7, 11) is 0. The zero-order valence-electron chi connectivity index (χ0n) is 11.5. The summed E-state index contributed by atoms with van der Waals surface area (Å²) in [6, 6.07) is 2.31. The molecule has 2 rings (SSSR count). The van der Waals surface area contributed by atoms with Gasteiger partial charge in [-0.1, -0.05) is 41.5 Å². The van der Waals surface area contributed by atoms with Gasteiger partial charge in [0.2, 0.25) is 0 Å². The molecular weight excluding hydrogens is 196 g/mol. The first kappa shape index (κ1) is 11.7. The minimum atomic E-state index is 0.252. The second-order valence-electron chi connectivity index (χ2n) is 6.99. The zero-order valence-corrected chi connectivity index (χ0v) is 11.5. The lowest BCUT2D eigenvalue weighted by molar-refractivity contribution is 0.165. The molecule has 1 aliphatic rings. The van der Waals surface area contributed by atoms with Crippen LogP contribution in [0.1, 0.15) is 65.3 Å². The fourth-order valence-electron chi connectivity index (χ4n) is 3.13. The first-order valence-corrected chi connectivity index (χ1v) is 6.29. The molecule has 0 aromatic carbocycles.